The lowest BCUT2D eigenvalue weighted by molar-refractivity contribution is -0.121. The lowest BCUT2D eigenvalue weighted by Gasteiger charge is -2.12. The highest BCUT2D eigenvalue weighted by Gasteiger charge is 2.14. The summed E-state index contributed by atoms with van der Waals surface area (Å²) in [5.41, 5.74) is 0. The number of nitrogens with zero attached hydrogens (tertiary/aromatic N) is 3. The molecule has 1 heterocycles. The van der Waals surface area contributed by atoms with Crippen LogP contribution >= 0.6 is 23.2 Å². The maximum Gasteiger partial charge on any atom is 0.245 e. The number of amides is 1. The van der Waals surface area contributed by atoms with Gasteiger partial charge in [0.1, 0.15) is 6.04 Å². The topological polar surface area (TPSA) is 79.8 Å². The van der Waals surface area contributed by atoms with Gasteiger partial charge in [-0.15, -0.1) is 10.2 Å². The van der Waals surface area contributed by atoms with E-state index in [0.29, 0.717) is 0 Å². The summed E-state index contributed by atoms with van der Waals surface area (Å²) in [6.45, 7) is 1.66. The Morgan fingerprint density at radius 3 is 2.67 bits per heavy atom. The molecule has 1 aromatic rings. The van der Waals surface area contributed by atoms with Gasteiger partial charge < -0.3 is 10.6 Å². The van der Waals surface area contributed by atoms with Crippen molar-refractivity contribution in [2.24, 2.45) is 0 Å². The van der Waals surface area contributed by atoms with Crippen LogP contribution in [-0.4, -0.2) is 34.2 Å². The highest BCUT2D eigenvalue weighted by atomic mass is 35.5. The molecule has 1 rings (SSSR count). The van der Waals surface area contributed by atoms with Crippen molar-refractivity contribution in [2.75, 3.05) is 12.4 Å². The quantitative estimate of drug-likeness (QED) is 0.826. The largest absolute Gasteiger partial charge is 0.357 e. The van der Waals surface area contributed by atoms with Gasteiger partial charge in [-0.25, -0.2) is 0 Å². The summed E-state index contributed by atoms with van der Waals surface area (Å²) < 4.78 is 0. The Morgan fingerprint density at radius 1 is 1.40 bits per heavy atom. The van der Waals surface area contributed by atoms with Crippen molar-refractivity contribution in [3.05, 3.63) is 10.4 Å². The summed E-state index contributed by atoms with van der Waals surface area (Å²) in [5, 5.41) is 12.3. The first kappa shape index (κ1) is 11.9. The molecule has 2 N–H and O–H groups in total. The molecule has 0 aliphatic rings. The molecule has 0 bridgehead atoms. The third kappa shape index (κ3) is 3.17. The highest BCUT2D eigenvalue weighted by Crippen LogP contribution is 2.17. The molecule has 0 spiro atoms. The van der Waals surface area contributed by atoms with Crippen LogP contribution in [0.5, 0.6) is 0 Å². The van der Waals surface area contributed by atoms with Crippen molar-refractivity contribution in [3.8, 4) is 0 Å². The molecule has 1 unspecified atom stereocenters. The molecule has 82 valence electrons. The molecule has 15 heavy (non-hydrogen) atoms. The minimum atomic E-state index is -0.486. The molecule has 6 nitrogen and oxygen atoms in total. The van der Waals surface area contributed by atoms with E-state index in [1.807, 2.05) is 0 Å². The zero-order valence-corrected chi connectivity index (χ0v) is 9.60. The second kappa shape index (κ2) is 5.09. The Labute approximate surface area is 96.4 Å². The van der Waals surface area contributed by atoms with E-state index in [0.717, 1.165) is 0 Å². The van der Waals surface area contributed by atoms with Crippen molar-refractivity contribution in [1.82, 2.24) is 20.5 Å². The Balaban J connectivity index is 2.80. The third-order valence-electron chi connectivity index (χ3n) is 1.61. The first-order valence-electron chi connectivity index (χ1n) is 4.08. The number of halogens is 2. The average Bonchev–Trinajstić information content (AvgIpc) is 2.22. The molecular formula is C7H9Cl2N5O. The molecule has 0 aliphatic heterocycles. The molecule has 0 fully saturated rings. The van der Waals surface area contributed by atoms with Crippen molar-refractivity contribution >= 4 is 34.9 Å². The zero-order valence-electron chi connectivity index (χ0n) is 8.08. The van der Waals surface area contributed by atoms with Crippen LogP contribution in [0.1, 0.15) is 6.92 Å². The van der Waals surface area contributed by atoms with E-state index in [-0.39, 0.29) is 22.2 Å². The SMILES string of the molecule is CNC(=O)C(C)Nc1nc(Cl)nnc1Cl. The van der Waals surface area contributed by atoms with Gasteiger partial charge in [-0.3, -0.25) is 4.79 Å². The third-order valence-corrected chi connectivity index (χ3v) is 2.03. The van der Waals surface area contributed by atoms with Gasteiger partial charge >= 0.3 is 0 Å². The maximum absolute atomic E-state index is 11.2. The van der Waals surface area contributed by atoms with Crippen LogP contribution in [0, 0.1) is 0 Å². The van der Waals surface area contributed by atoms with Gasteiger partial charge in [0.25, 0.3) is 0 Å². The van der Waals surface area contributed by atoms with Crippen molar-refractivity contribution < 1.29 is 4.79 Å². The molecule has 0 aromatic carbocycles. The number of nitrogens with one attached hydrogen (secondary N) is 2. The number of likely N-dealkylation sites (N-methyl/N-ethyl adjacent to an activating group) is 1. The van der Waals surface area contributed by atoms with Crippen molar-refractivity contribution in [1.29, 1.82) is 0 Å². The maximum atomic E-state index is 11.2. The summed E-state index contributed by atoms with van der Waals surface area (Å²) in [7, 11) is 1.54. The summed E-state index contributed by atoms with van der Waals surface area (Å²) in [4.78, 5) is 15.0. The van der Waals surface area contributed by atoms with E-state index in [4.69, 9.17) is 23.2 Å². The number of hydrogen-bond acceptors (Lipinski definition) is 5. The van der Waals surface area contributed by atoms with Crippen LogP contribution in [0.3, 0.4) is 0 Å². The lowest BCUT2D eigenvalue weighted by atomic mass is 10.3. The second-order valence-corrected chi connectivity index (χ2v) is 3.40. The van der Waals surface area contributed by atoms with Crippen LogP contribution in [-0.2, 0) is 4.79 Å². The van der Waals surface area contributed by atoms with E-state index in [2.05, 4.69) is 25.8 Å². The second-order valence-electron chi connectivity index (χ2n) is 2.70. The summed E-state index contributed by atoms with van der Waals surface area (Å²) in [5.74, 6) is 0.0357. The molecular weight excluding hydrogens is 241 g/mol. The van der Waals surface area contributed by atoms with Gasteiger partial charge in [-0.1, -0.05) is 11.6 Å². The first-order valence-corrected chi connectivity index (χ1v) is 4.84. The molecule has 0 saturated heterocycles. The summed E-state index contributed by atoms with van der Waals surface area (Å²) in [6.07, 6.45) is 0. The van der Waals surface area contributed by atoms with E-state index in [9.17, 15) is 4.79 Å². The van der Waals surface area contributed by atoms with Gasteiger partial charge in [0.05, 0.1) is 0 Å². The fourth-order valence-electron chi connectivity index (χ4n) is 0.872. The van der Waals surface area contributed by atoms with E-state index < -0.39 is 6.04 Å². The monoisotopic (exact) mass is 249 g/mol. The number of hydrogen-bond donors (Lipinski definition) is 2. The van der Waals surface area contributed by atoms with Crippen LogP contribution < -0.4 is 10.6 Å². The van der Waals surface area contributed by atoms with Crippen LogP contribution in [0.4, 0.5) is 5.82 Å². The fourth-order valence-corrected chi connectivity index (χ4v) is 1.13. The van der Waals surface area contributed by atoms with Gasteiger partial charge in [-0.2, -0.15) is 4.98 Å². The molecule has 1 aromatic heterocycles. The predicted octanol–water partition coefficient (Wildman–Crippen LogP) is 0.725. The summed E-state index contributed by atoms with van der Waals surface area (Å²) >= 11 is 11.2. The Hall–Kier alpha value is -1.14. The lowest BCUT2D eigenvalue weighted by Crippen LogP contribution is -2.35. The average molecular weight is 250 g/mol. The fraction of sp³-hybridized carbons (Fsp3) is 0.429. The van der Waals surface area contributed by atoms with E-state index in [1.165, 1.54) is 7.05 Å². The number of carbonyl (C=O) groups is 1. The molecule has 1 atom stereocenters. The Kier molecular flexibility index (Phi) is 4.05. The molecule has 0 saturated carbocycles. The molecule has 8 heteroatoms. The van der Waals surface area contributed by atoms with Gasteiger partial charge in [0, 0.05) is 7.05 Å². The van der Waals surface area contributed by atoms with Crippen LogP contribution in [0.15, 0.2) is 0 Å². The number of aromatic nitrogens is 3. The standard InChI is InChI=1S/C7H9Cl2N5O/c1-3(6(15)10-2)11-5-4(8)13-14-7(9)12-5/h3H,1-2H3,(H,10,15)(H,11,12,14). The normalized spacial score (nSPS) is 12.0. The van der Waals surface area contributed by atoms with Crippen LogP contribution in [0.25, 0.3) is 0 Å². The molecule has 0 radical (unpaired) electrons. The first-order chi connectivity index (χ1) is 7.04. The summed E-state index contributed by atoms with van der Waals surface area (Å²) in [6, 6.07) is -0.486. The Bertz CT molecular complexity index is 372. The molecule has 1 amide bonds. The van der Waals surface area contributed by atoms with E-state index >= 15 is 0 Å². The number of carbonyl (C=O) groups excluding carboxylic acids is 1. The number of anilines is 1. The zero-order chi connectivity index (χ0) is 11.4. The van der Waals surface area contributed by atoms with Crippen LogP contribution in [0.2, 0.25) is 10.4 Å². The van der Waals surface area contributed by atoms with Gasteiger partial charge in [0.15, 0.2) is 11.0 Å². The minimum Gasteiger partial charge on any atom is -0.357 e. The van der Waals surface area contributed by atoms with Crippen molar-refractivity contribution in [3.63, 3.8) is 0 Å². The van der Waals surface area contributed by atoms with E-state index in [1.54, 1.807) is 6.92 Å². The highest BCUT2D eigenvalue weighted by molar-refractivity contribution is 6.32. The van der Waals surface area contributed by atoms with Gasteiger partial charge in [0.2, 0.25) is 11.2 Å². The minimum absolute atomic E-state index is 0.0361. The smallest absolute Gasteiger partial charge is 0.245 e. The van der Waals surface area contributed by atoms with Gasteiger partial charge in [-0.05, 0) is 18.5 Å². The van der Waals surface area contributed by atoms with Crippen molar-refractivity contribution in [2.45, 2.75) is 13.0 Å². The number of rotatable bonds is 3. The predicted molar refractivity (Wildman–Crippen MR) is 57.0 cm³/mol. The Morgan fingerprint density at radius 2 is 2.07 bits per heavy atom. The molecule has 0 aliphatic carbocycles.